The minimum absolute atomic E-state index is 0.0531. The molecule has 0 spiro atoms. The van der Waals surface area contributed by atoms with Gasteiger partial charge in [-0.1, -0.05) is 0 Å². The zero-order valence-corrected chi connectivity index (χ0v) is 10.8. The van der Waals surface area contributed by atoms with Gasteiger partial charge in [-0.15, -0.1) is 0 Å². The Morgan fingerprint density at radius 2 is 1.79 bits per heavy atom. The van der Waals surface area contributed by atoms with Crippen LogP contribution in [0.4, 0.5) is 13.2 Å². The summed E-state index contributed by atoms with van der Waals surface area (Å²) in [6.45, 7) is 2.75. The number of pyridine rings is 1. The summed E-state index contributed by atoms with van der Waals surface area (Å²) < 4.78 is 52.7. The van der Waals surface area contributed by atoms with Crippen LogP contribution in [0.25, 0.3) is 0 Å². The van der Waals surface area contributed by atoms with Crippen molar-refractivity contribution in [3.63, 3.8) is 0 Å². The summed E-state index contributed by atoms with van der Waals surface area (Å²) in [5, 5.41) is 0. The maximum Gasteiger partial charge on any atom is 0.416 e. The summed E-state index contributed by atoms with van der Waals surface area (Å²) in [5.41, 5.74) is -0.513. The van der Waals surface area contributed by atoms with Gasteiger partial charge in [0.1, 0.15) is 6.61 Å². The van der Waals surface area contributed by atoms with E-state index in [0.717, 1.165) is 12.1 Å². The molecule has 0 radical (unpaired) electrons. The third kappa shape index (κ3) is 5.89. The van der Waals surface area contributed by atoms with Crippen molar-refractivity contribution in [2.24, 2.45) is 0 Å². The second-order valence-electron chi connectivity index (χ2n) is 3.79. The molecule has 108 valence electrons. The molecule has 0 N–H and O–H groups in total. The topological polar surface area (TPSA) is 40.6 Å². The molecule has 0 amide bonds. The van der Waals surface area contributed by atoms with Crippen LogP contribution in [-0.4, -0.2) is 38.5 Å². The van der Waals surface area contributed by atoms with E-state index in [1.54, 1.807) is 7.11 Å². The molecule has 7 heteroatoms. The number of nitrogens with zero attached hydrogens (tertiary/aromatic N) is 1. The highest BCUT2D eigenvalue weighted by Gasteiger charge is 2.31. The van der Waals surface area contributed by atoms with Crippen molar-refractivity contribution in [3.05, 3.63) is 23.4 Å². The normalized spacial score (nSPS) is 11.6. The van der Waals surface area contributed by atoms with Gasteiger partial charge in [0.15, 0.2) is 0 Å². The number of hydrogen-bond acceptors (Lipinski definition) is 4. The lowest BCUT2D eigenvalue weighted by Crippen LogP contribution is -2.12. The van der Waals surface area contributed by atoms with Crippen LogP contribution in [0.2, 0.25) is 0 Å². The van der Waals surface area contributed by atoms with E-state index in [2.05, 4.69) is 4.98 Å². The summed E-state index contributed by atoms with van der Waals surface area (Å²) in [7, 11) is 1.55. The van der Waals surface area contributed by atoms with E-state index in [4.69, 9.17) is 14.2 Å². The number of ether oxygens (including phenoxy) is 3. The van der Waals surface area contributed by atoms with E-state index in [1.807, 2.05) is 0 Å². The van der Waals surface area contributed by atoms with Crippen LogP contribution in [0.5, 0.6) is 5.88 Å². The van der Waals surface area contributed by atoms with Gasteiger partial charge in [0.2, 0.25) is 5.88 Å². The lowest BCUT2D eigenvalue weighted by molar-refractivity contribution is -0.137. The third-order valence-corrected chi connectivity index (χ3v) is 2.17. The highest BCUT2D eigenvalue weighted by atomic mass is 19.4. The SMILES string of the molecule is COCCOCCOc1cc(C(F)(F)F)cc(C)n1. The largest absolute Gasteiger partial charge is 0.475 e. The molecule has 0 saturated heterocycles. The Kier molecular flexibility index (Phi) is 6.04. The first-order valence-corrected chi connectivity index (χ1v) is 5.69. The fraction of sp³-hybridized carbons (Fsp3) is 0.583. The molecule has 0 unspecified atom stereocenters. The van der Waals surface area contributed by atoms with Gasteiger partial charge in [-0.05, 0) is 13.0 Å². The van der Waals surface area contributed by atoms with E-state index in [1.165, 1.54) is 6.92 Å². The van der Waals surface area contributed by atoms with Gasteiger partial charge in [0.05, 0.1) is 25.4 Å². The van der Waals surface area contributed by atoms with Gasteiger partial charge in [0.25, 0.3) is 0 Å². The van der Waals surface area contributed by atoms with Gasteiger partial charge in [-0.2, -0.15) is 13.2 Å². The van der Waals surface area contributed by atoms with Crippen molar-refractivity contribution >= 4 is 0 Å². The number of halogens is 3. The number of rotatable bonds is 7. The first kappa shape index (κ1) is 15.7. The van der Waals surface area contributed by atoms with E-state index < -0.39 is 11.7 Å². The minimum atomic E-state index is -4.40. The number of alkyl halides is 3. The van der Waals surface area contributed by atoms with Crippen molar-refractivity contribution in [2.75, 3.05) is 33.5 Å². The maximum absolute atomic E-state index is 12.6. The average molecular weight is 279 g/mol. The highest BCUT2D eigenvalue weighted by Crippen LogP contribution is 2.31. The molecule has 0 fully saturated rings. The number of aryl methyl sites for hydroxylation is 1. The Bertz CT molecular complexity index is 396. The average Bonchev–Trinajstić information content (AvgIpc) is 2.32. The van der Waals surface area contributed by atoms with Gasteiger partial charge in [-0.3, -0.25) is 0 Å². The Morgan fingerprint density at radius 1 is 1.11 bits per heavy atom. The second-order valence-corrected chi connectivity index (χ2v) is 3.79. The monoisotopic (exact) mass is 279 g/mol. The van der Waals surface area contributed by atoms with Crippen LogP contribution < -0.4 is 4.74 Å². The molecule has 0 aromatic carbocycles. The fourth-order valence-corrected chi connectivity index (χ4v) is 1.33. The molecule has 1 aromatic rings. The number of aromatic nitrogens is 1. The van der Waals surface area contributed by atoms with Gasteiger partial charge in [0, 0.05) is 18.9 Å². The molecule has 4 nitrogen and oxygen atoms in total. The van der Waals surface area contributed by atoms with Crippen LogP contribution in [0.1, 0.15) is 11.3 Å². The summed E-state index contributed by atoms with van der Waals surface area (Å²) in [6, 6.07) is 1.85. The van der Waals surface area contributed by atoms with Gasteiger partial charge < -0.3 is 14.2 Å². The molecule has 0 atom stereocenters. The molecule has 1 rings (SSSR count). The summed E-state index contributed by atoms with van der Waals surface area (Å²) >= 11 is 0. The third-order valence-electron chi connectivity index (χ3n) is 2.17. The van der Waals surface area contributed by atoms with Crippen LogP contribution in [0.3, 0.4) is 0 Å². The van der Waals surface area contributed by atoms with Crippen LogP contribution >= 0.6 is 0 Å². The van der Waals surface area contributed by atoms with E-state index in [0.29, 0.717) is 13.2 Å². The van der Waals surface area contributed by atoms with Crippen molar-refractivity contribution in [1.82, 2.24) is 4.98 Å². The Balaban J connectivity index is 2.48. The lowest BCUT2D eigenvalue weighted by Gasteiger charge is -2.11. The van der Waals surface area contributed by atoms with Crippen LogP contribution in [0, 0.1) is 6.92 Å². The second kappa shape index (κ2) is 7.30. The van der Waals surface area contributed by atoms with Gasteiger partial charge in [-0.25, -0.2) is 4.98 Å². The molecule has 0 bridgehead atoms. The first-order valence-electron chi connectivity index (χ1n) is 5.69. The fourth-order valence-electron chi connectivity index (χ4n) is 1.33. The predicted octanol–water partition coefficient (Wildman–Crippen LogP) is 2.45. The summed E-state index contributed by atoms with van der Waals surface area (Å²) in [4.78, 5) is 3.88. The zero-order chi connectivity index (χ0) is 14.3. The molecular weight excluding hydrogens is 263 g/mol. The number of hydrogen-bond donors (Lipinski definition) is 0. The van der Waals surface area contributed by atoms with E-state index in [-0.39, 0.29) is 24.8 Å². The minimum Gasteiger partial charge on any atom is -0.475 e. The Morgan fingerprint density at radius 3 is 2.42 bits per heavy atom. The van der Waals surface area contributed by atoms with Gasteiger partial charge >= 0.3 is 6.18 Å². The smallest absolute Gasteiger partial charge is 0.416 e. The van der Waals surface area contributed by atoms with Crippen molar-refractivity contribution in [2.45, 2.75) is 13.1 Å². The standard InChI is InChI=1S/C12H16F3NO3/c1-9-7-10(12(13,14)15)8-11(16-9)19-6-5-18-4-3-17-2/h7-8H,3-6H2,1-2H3. The van der Waals surface area contributed by atoms with Crippen molar-refractivity contribution in [3.8, 4) is 5.88 Å². The van der Waals surface area contributed by atoms with Crippen molar-refractivity contribution in [1.29, 1.82) is 0 Å². The Labute approximate surface area is 109 Å². The molecular formula is C12H16F3NO3. The number of methoxy groups -OCH3 is 1. The lowest BCUT2D eigenvalue weighted by atomic mass is 10.2. The predicted molar refractivity (Wildman–Crippen MR) is 62.2 cm³/mol. The molecule has 19 heavy (non-hydrogen) atoms. The van der Waals surface area contributed by atoms with Crippen LogP contribution in [-0.2, 0) is 15.7 Å². The molecule has 0 aliphatic heterocycles. The molecule has 1 aromatic heterocycles. The first-order chi connectivity index (χ1) is 8.93. The maximum atomic E-state index is 12.6. The molecule has 0 saturated carbocycles. The summed E-state index contributed by atoms with van der Waals surface area (Å²) in [5.74, 6) is -0.0531. The quantitative estimate of drug-likeness (QED) is 0.719. The summed E-state index contributed by atoms with van der Waals surface area (Å²) in [6.07, 6.45) is -4.40. The molecule has 1 heterocycles. The van der Waals surface area contributed by atoms with Crippen molar-refractivity contribution < 1.29 is 27.4 Å². The van der Waals surface area contributed by atoms with E-state index in [9.17, 15) is 13.2 Å². The zero-order valence-electron chi connectivity index (χ0n) is 10.8. The van der Waals surface area contributed by atoms with E-state index >= 15 is 0 Å². The van der Waals surface area contributed by atoms with Crippen LogP contribution in [0.15, 0.2) is 12.1 Å². The Hall–Kier alpha value is -1.34. The highest BCUT2D eigenvalue weighted by molar-refractivity contribution is 5.26. The molecule has 0 aliphatic rings. The molecule has 0 aliphatic carbocycles.